The van der Waals surface area contributed by atoms with Crippen LogP contribution in [0.5, 0.6) is 0 Å². The second kappa shape index (κ2) is 7.10. The zero-order valence-electron chi connectivity index (χ0n) is 13.7. The molecule has 7 heteroatoms. The molecule has 2 rings (SSSR count). The van der Waals surface area contributed by atoms with Gasteiger partial charge in [0.25, 0.3) is 5.91 Å². The number of nitrogens with two attached hydrogens (primary N) is 1. The summed E-state index contributed by atoms with van der Waals surface area (Å²) in [5.74, 6) is -0.518. The largest absolute Gasteiger partial charge is 0.350 e. The molecule has 0 spiro atoms. The van der Waals surface area contributed by atoms with Crippen molar-refractivity contribution in [3.63, 3.8) is 0 Å². The van der Waals surface area contributed by atoms with Crippen LogP contribution >= 0.6 is 12.4 Å². The third-order valence-electron chi connectivity index (χ3n) is 3.29. The summed E-state index contributed by atoms with van der Waals surface area (Å²) in [4.78, 5) is 12.4. The van der Waals surface area contributed by atoms with Crippen LogP contribution in [0.25, 0.3) is 5.69 Å². The van der Waals surface area contributed by atoms with E-state index in [0.717, 1.165) is 0 Å². The Hall–Kier alpha value is -1.92. The molecule has 0 atom stereocenters. The quantitative estimate of drug-likeness (QED) is 0.898. The van der Waals surface area contributed by atoms with Gasteiger partial charge in [-0.05, 0) is 52.0 Å². The molecule has 0 aliphatic rings. The lowest BCUT2D eigenvalue weighted by Gasteiger charge is -2.18. The van der Waals surface area contributed by atoms with E-state index in [0.29, 0.717) is 29.2 Å². The lowest BCUT2D eigenvalue weighted by atomic mass is 10.1. The van der Waals surface area contributed by atoms with Gasteiger partial charge in [-0.2, -0.15) is 5.10 Å². The van der Waals surface area contributed by atoms with Crippen molar-refractivity contribution < 1.29 is 9.18 Å². The molecule has 1 amide bonds. The first kappa shape index (κ1) is 19.1. The van der Waals surface area contributed by atoms with Crippen LogP contribution in [-0.4, -0.2) is 27.8 Å². The molecule has 1 aromatic heterocycles. The molecule has 1 heterocycles. The van der Waals surface area contributed by atoms with E-state index in [1.54, 1.807) is 23.7 Å². The number of rotatable bonds is 4. The molecule has 0 saturated heterocycles. The Labute approximate surface area is 141 Å². The Kier molecular flexibility index (Phi) is 5.91. The minimum Gasteiger partial charge on any atom is -0.350 e. The van der Waals surface area contributed by atoms with Gasteiger partial charge in [0.15, 0.2) is 0 Å². The lowest BCUT2D eigenvalue weighted by molar-refractivity contribution is 0.0945. The van der Waals surface area contributed by atoms with Crippen LogP contribution in [0.2, 0.25) is 0 Å². The average molecular weight is 341 g/mol. The standard InChI is InChI=1S/C16H21FN4O.ClH/c1-10-14(15(22)19-9-16(3,4)18)11(2)21(20-10)13-7-5-12(17)6-8-13;/h5-8H,9,18H2,1-4H3,(H,19,22);1H. The number of nitrogens with one attached hydrogen (secondary N) is 1. The highest BCUT2D eigenvalue weighted by atomic mass is 35.5. The third kappa shape index (κ3) is 4.53. The minimum absolute atomic E-state index is 0. The van der Waals surface area contributed by atoms with Gasteiger partial charge in [-0.1, -0.05) is 0 Å². The molecule has 3 N–H and O–H groups in total. The summed E-state index contributed by atoms with van der Waals surface area (Å²) in [7, 11) is 0. The van der Waals surface area contributed by atoms with Gasteiger partial charge in [0, 0.05) is 12.1 Å². The van der Waals surface area contributed by atoms with Gasteiger partial charge in [0.05, 0.1) is 22.6 Å². The van der Waals surface area contributed by atoms with Gasteiger partial charge in [-0.25, -0.2) is 9.07 Å². The number of carbonyl (C=O) groups is 1. The van der Waals surface area contributed by atoms with E-state index in [4.69, 9.17) is 5.73 Å². The maximum atomic E-state index is 13.0. The van der Waals surface area contributed by atoms with Crippen molar-refractivity contribution in [3.8, 4) is 5.69 Å². The Balaban J connectivity index is 0.00000264. The zero-order chi connectivity index (χ0) is 16.5. The Morgan fingerprint density at radius 3 is 2.39 bits per heavy atom. The minimum atomic E-state index is -0.482. The molecule has 0 aliphatic heterocycles. The van der Waals surface area contributed by atoms with Crippen LogP contribution in [0.3, 0.4) is 0 Å². The van der Waals surface area contributed by atoms with Crippen molar-refractivity contribution in [2.45, 2.75) is 33.2 Å². The summed E-state index contributed by atoms with van der Waals surface area (Å²) >= 11 is 0. The van der Waals surface area contributed by atoms with Gasteiger partial charge in [0.2, 0.25) is 0 Å². The smallest absolute Gasteiger partial charge is 0.255 e. The SMILES string of the molecule is Cc1nn(-c2ccc(F)cc2)c(C)c1C(=O)NCC(C)(C)N.Cl. The topological polar surface area (TPSA) is 72.9 Å². The number of aromatic nitrogens is 2. The highest BCUT2D eigenvalue weighted by molar-refractivity contribution is 5.96. The molecular formula is C16H22ClFN4O. The van der Waals surface area contributed by atoms with Crippen LogP contribution in [0.4, 0.5) is 4.39 Å². The van der Waals surface area contributed by atoms with E-state index in [1.165, 1.54) is 12.1 Å². The third-order valence-corrected chi connectivity index (χ3v) is 3.29. The van der Waals surface area contributed by atoms with Crippen molar-refractivity contribution >= 4 is 18.3 Å². The first-order valence-electron chi connectivity index (χ1n) is 7.08. The Morgan fingerprint density at radius 2 is 1.87 bits per heavy atom. The van der Waals surface area contributed by atoms with Crippen molar-refractivity contribution in [1.29, 1.82) is 0 Å². The number of aryl methyl sites for hydroxylation is 1. The molecule has 0 bridgehead atoms. The van der Waals surface area contributed by atoms with Crippen molar-refractivity contribution in [2.24, 2.45) is 5.73 Å². The van der Waals surface area contributed by atoms with Crippen LogP contribution in [0.15, 0.2) is 24.3 Å². The summed E-state index contributed by atoms with van der Waals surface area (Å²) in [5, 5.41) is 7.19. The first-order chi connectivity index (χ1) is 10.2. The predicted molar refractivity (Wildman–Crippen MR) is 90.8 cm³/mol. The monoisotopic (exact) mass is 340 g/mol. The maximum Gasteiger partial charge on any atom is 0.255 e. The summed E-state index contributed by atoms with van der Waals surface area (Å²) in [6, 6.07) is 5.98. The Bertz CT molecular complexity index is 689. The number of nitrogens with zero attached hydrogens (tertiary/aromatic N) is 2. The number of hydrogen-bond acceptors (Lipinski definition) is 3. The van der Waals surface area contributed by atoms with E-state index >= 15 is 0 Å². The molecule has 5 nitrogen and oxygen atoms in total. The number of hydrogen-bond donors (Lipinski definition) is 2. The molecule has 0 aliphatic carbocycles. The van der Waals surface area contributed by atoms with Crippen LogP contribution < -0.4 is 11.1 Å². The summed E-state index contributed by atoms with van der Waals surface area (Å²) in [5.41, 5.74) is 7.95. The second-order valence-corrected chi connectivity index (χ2v) is 6.11. The molecule has 0 fully saturated rings. The normalized spacial score (nSPS) is 11.0. The van der Waals surface area contributed by atoms with Crippen LogP contribution in [0.1, 0.15) is 35.6 Å². The molecule has 0 radical (unpaired) electrons. The van der Waals surface area contributed by atoms with Gasteiger partial charge in [-0.3, -0.25) is 4.79 Å². The molecule has 23 heavy (non-hydrogen) atoms. The molecule has 0 saturated carbocycles. The van der Waals surface area contributed by atoms with Crippen molar-refractivity contribution in [2.75, 3.05) is 6.54 Å². The molecule has 126 valence electrons. The zero-order valence-corrected chi connectivity index (χ0v) is 14.5. The molecule has 1 aromatic carbocycles. The molecule has 0 unspecified atom stereocenters. The number of benzene rings is 1. The predicted octanol–water partition coefficient (Wildman–Crippen LogP) is 2.52. The van der Waals surface area contributed by atoms with Crippen LogP contribution in [-0.2, 0) is 0 Å². The van der Waals surface area contributed by atoms with E-state index in [9.17, 15) is 9.18 Å². The summed E-state index contributed by atoms with van der Waals surface area (Å²) in [6.07, 6.45) is 0. The highest BCUT2D eigenvalue weighted by Crippen LogP contribution is 2.18. The van der Waals surface area contributed by atoms with Crippen molar-refractivity contribution in [1.82, 2.24) is 15.1 Å². The fraction of sp³-hybridized carbons (Fsp3) is 0.375. The van der Waals surface area contributed by atoms with E-state index in [-0.39, 0.29) is 24.1 Å². The maximum absolute atomic E-state index is 13.0. The van der Waals surface area contributed by atoms with Gasteiger partial charge < -0.3 is 11.1 Å². The first-order valence-corrected chi connectivity index (χ1v) is 7.08. The fourth-order valence-corrected chi connectivity index (χ4v) is 2.20. The van der Waals surface area contributed by atoms with Crippen molar-refractivity contribution in [3.05, 3.63) is 47.0 Å². The number of carbonyl (C=O) groups excluding carboxylic acids is 1. The van der Waals surface area contributed by atoms with E-state index in [1.807, 2.05) is 20.8 Å². The van der Waals surface area contributed by atoms with Gasteiger partial charge in [0.1, 0.15) is 5.82 Å². The molecule has 2 aromatic rings. The summed E-state index contributed by atoms with van der Waals surface area (Å²) < 4.78 is 14.7. The fourth-order valence-electron chi connectivity index (χ4n) is 2.20. The second-order valence-electron chi connectivity index (χ2n) is 6.11. The Morgan fingerprint density at radius 1 is 1.30 bits per heavy atom. The van der Waals surface area contributed by atoms with E-state index < -0.39 is 5.54 Å². The number of halogens is 2. The highest BCUT2D eigenvalue weighted by Gasteiger charge is 2.21. The van der Waals surface area contributed by atoms with Gasteiger partial charge in [-0.15, -0.1) is 12.4 Å². The van der Waals surface area contributed by atoms with Crippen LogP contribution in [0, 0.1) is 19.7 Å². The summed E-state index contributed by atoms with van der Waals surface area (Å²) in [6.45, 7) is 7.64. The number of amides is 1. The van der Waals surface area contributed by atoms with E-state index in [2.05, 4.69) is 10.4 Å². The molecular weight excluding hydrogens is 319 g/mol. The lowest BCUT2D eigenvalue weighted by Crippen LogP contribution is -2.45. The average Bonchev–Trinajstić information content (AvgIpc) is 2.72. The van der Waals surface area contributed by atoms with Gasteiger partial charge >= 0.3 is 0 Å².